The van der Waals surface area contributed by atoms with Crippen molar-refractivity contribution in [2.24, 2.45) is 7.05 Å². The number of carbonyl (C=O) groups is 2. The molecule has 7 nitrogen and oxygen atoms in total. The van der Waals surface area contributed by atoms with Crippen molar-refractivity contribution in [3.8, 4) is 0 Å². The Bertz CT molecular complexity index is 1100. The van der Waals surface area contributed by atoms with Crippen molar-refractivity contribution in [1.82, 2.24) is 19.4 Å². The van der Waals surface area contributed by atoms with Crippen LogP contribution >= 0.6 is 11.3 Å². The van der Waals surface area contributed by atoms with Crippen LogP contribution in [0.3, 0.4) is 0 Å². The van der Waals surface area contributed by atoms with Gasteiger partial charge in [-0.15, -0.1) is 11.3 Å². The number of benzene rings is 1. The molecule has 1 N–H and O–H groups in total. The maximum Gasteiger partial charge on any atom is 0.273 e. The fourth-order valence-corrected chi connectivity index (χ4v) is 5.10. The maximum atomic E-state index is 13.3. The summed E-state index contributed by atoms with van der Waals surface area (Å²) >= 11 is 1.45. The first-order chi connectivity index (χ1) is 13.5. The van der Waals surface area contributed by atoms with Gasteiger partial charge in [-0.1, -0.05) is 18.2 Å². The molecule has 0 aliphatic carbocycles. The normalized spacial score (nSPS) is 23.3. The van der Waals surface area contributed by atoms with Crippen molar-refractivity contribution in [3.63, 3.8) is 0 Å². The third-order valence-corrected chi connectivity index (χ3v) is 6.56. The topological polar surface area (TPSA) is 80.1 Å². The predicted molar refractivity (Wildman–Crippen MR) is 105 cm³/mol. The number of para-hydroxylation sites is 1. The van der Waals surface area contributed by atoms with E-state index in [4.69, 9.17) is 0 Å². The van der Waals surface area contributed by atoms with E-state index in [-0.39, 0.29) is 11.8 Å². The predicted octanol–water partition coefficient (Wildman–Crippen LogP) is 2.66. The minimum Gasteiger partial charge on any atom is -0.336 e. The lowest BCUT2D eigenvalue weighted by atomic mass is 9.74. The molecule has 2 aromatic heterocycles. The van der Waals surface area contributed by atoms with Gasteiger partial charge in [0.15, 0.2) is 0 Å². The van der Waals surface area contributed by atoms with Crippen LogP contribution in [0.1, 0.15) is 39.3 Å². The van der Waals surface area contributed by atoms with Gasteiger partial charge in [0.25, 0.3) is 5.91 Å². The lowest BCUT2D eigenvalue weighted by Crippen LogP contribution is -2.43. The summed E-state index contributed by atoms with van der Waals surface area (Å²) in [6.07, 6.45) is 4.09. The number of fused-ring (bicyclic) bond motifs is 2. The molecule has 28 heavy (non-hydrogen) atoms. The summed E-state index contributed by atoms with van der Waals surface area (Å²) in [6.45, 7) is 2.35. The number of rotatable bonds is 2. The van der Waals surface area contributed by atoms with E-state index in [1.165, 1.54) is 11.3 Å². The summed E-state index contributed by atoms with van der Waals surface area (Å²) in [5.41, 5.74) is 1.31. The first-order valence-corrected chi connectivity index (χ1v) is 10.0. The van der Waals surface area contributed by atoms with Crippen molar-refractivity contribution in [2.45, 2.75) is 24.8 Å². The summed E-state index contributed by atoms with van der Waals surface area (Å²) in [7, 11) is 1.89. The zero-order valence-electron chi connectivity index (χ0n) is 15.5. The molecular weight excluding hydrogens is 374 g/mol. The molecule has 5 rings (SSSR count). The Kier molecular flexibility index (Phi) is 3.67. The molecule has 1 aromatic carbocycles. The molecule has 3 aromatic rings. The molecule has 0 unspecified atom stereocenters. The summed E-state index contributed by atoms with van der Waals surface area (Å²) in [5.74, 6) is 0.461. The number of thiazole rings is 1. The summed E-state index contributed by atoms with van der Waals surface area (Å²) in [6, 6.07) is 7.23. The number of aryl methyl sites for hydroxylation is 2. The Morgan fingerprint density at radius 2 is 2.18 bits per heavy atom. The zero-order valence-corrected chi connectivity index (χ0v) is 16.4. The van der Waals surface area contributed by atoms with Gasteiger partial charge < -0.3 is 14.8 Å². The van der Waals surface area contributed by atoms with Gasteiger partial charge in [0.1, 0.15) is 23.0 Å². The minimum atomic E-state index is -0.851. The van der Waals surface area contributed by atoms with Gasteiger partial charge in [-0.05, 0) is 25.0 Å². The Labute approximate surface area is 166 Å². The fraction of sp³-hybridized carbons (Fsp3) is 0.300. The molecule has 1 spiro atoms. The number of imidazole rings is 1. The second-order valence-corrected chi connectivity index (χ2v) is 8.33. The monoisotopic (exact) mass is 393 g/mol. The van der Waals surface area contributed by atoms with Crippen LogP contribution < -0.4 is 5.32 Å². The Hall–Kier alpha value is -3.00. The highest BCUT2D eigenvalue weighted by Crippen LogP contribution is 2.54. The largest absolute Gasteiger partial charge is 0.336 e. The van der Waals surface area contributed by atoms with Gasteiger partial charge in [-0.3, -0.25) is 9.59 Å². The highest BCUT2D eigenvalue weighted by molar-refractivity contribution is 7.09. The summed E-state index contributed by atoms with van der Waals surface area (Å²) < 4.78 is 1.89. The van der Waals surface area contributed by atoms with E-state index < -0.39 is 11.5 Å². The third kappa shape index (κ3) is 2.21. The average molecular weight is 393 g/mol. The second-order valence-electron chi connectivity index (χ2n) is 7.27. The van der Waals surface area contributed by atoms with E-state index >= 15 is 0 Å². The van der Waals surface area contributed by atoms with Gasteiger partial charge >= 0.3 is 0 Å². The van der Waals surface area contributed by atoms with Crippen molar-refractivity contribution < 1.29 is 9.59 Å². The molecule has 1 fully saturated rings. The van der Waals surface area contributed by atoms with Gasteiger partial charge in [0.2, 0.25) is 5.91 Å². The molecule has 8 heteroatoms. The number of nitrogens with one attached hydrogen (secondary N) is 1. The Balaban J connectivity index is 1.68. The number of hydrogen-bond acceptors (Lipinski definition) is 5. The number of carbonyl (C=O) groups excluding carboxylic acids is 2. The molecule has 2 atom stereocenters. The van der Waals surface area contributed by atoms with E-state index in [1.54, 1.807) is 16.5 Å². The Morgan fingerprint density at radius 3 is 2.89 bits per heavy atom. The summed E-state index contributed by atoms with van der Waals surface area (Å²) in [4.78, 5) is 37.3. The van der Waals surface area contributed by atoms with Crippen LogP contribution in [0.2, 0.25) is 0 Å². The number of anilines is 1. The molecule has 0 bridgehead atoms. The van der Waals surface area contributed by atoms with E-state index in [0.717, 1.165) is 16.3 Å². The molecule has 2 aliphatic heterocycles. The number of hydrogen-bond donors (Lipinski definition) is 1. The van der Waals surface area contributed by atoms with Crippen LogP contribution in [0.15, 0.2) is 42.0 Å². The van der Waals surface area contributed by atoms with Gasteiger partial charge in [-0.25, -0.2) is 9.97 Å². The SMILES string of the molecule is Cc1nc(C(=O)N2CC[C@]3(C(=O)Nc4ccccc43)[C@@H]2c2nccn2C)cs1. The number of aromatic nitrogens is 3. The standard InChI is InChI=1S/C20H19N5O2S/c1-12-22-15(11-28-12)18(26)25-9-7-20(16(25)17-21-8-10-24(17)2)13-5-3-4-6-14(13)23-19(20)27/h3-6,8,10-11,16H,7,9H2,1-2H3,(H,23,27)/t16-,20+/m0/s1. The van der Waals surface area contributed by atoms with Crippen molar-refractivity contribution in [1.29, 1.82) is 0 Å². The molecule has 2 amide bonds. The Morgan fingerprint density at radius 1 is 1.36 bits per heavy atom. The van der Waals surface area contributed by atoms with Gasteiger partial charge in [0.05, 0.1) is 5.01 Å². The van der Waals surface area contributed by atoms with Crippen molar-refractivity contribution in [3.05, 3.63) is 64.1 Å². The van der Waals surface area contributed by atoms with Gasteiger partial charge in [0, 0.05) is 37.1 Å². The minimum absolute atomic E-state index is 0.0774. The smallest absolute Gasteiger partial charge is 0.273 e. The highest BCUT2D eigenvalue weighted by atomic mass is 32.1. The second kappa shape index (κ2) is 6.00. The van der Waals surface area contributed by atoms with E-state index in [0.29, 0.717) is 24.5 Å². The molecule has 0 saturated carbocycles. The van der Waals surface area contributed by atoms with E-state index in [1.807, 2.05) is 49.0 Å². The number of nitrogens with zero attached hydrogens (tertiary/aromatic N) is 4. The van der Waals surface area contributed by atoms with E-state index in [9.17, 15) is 9.59 Å². The van der Waals surface area contributed by atoms with Crippen LogP contribution in [0, 0.1) is 6.92 Å². The molecule has 4 heterocycles. The highest BCUT2D eigenvalue weighted by Gasteiger charge is 2.60. The van der Waals surface area contributed by atoms with Crippen LogP contribution in [-0.2, 0) is 17.3 Å². The molecule has 1 saturated heterocycles. The summed E-state index contributed by atoms with van der Waals surface area (Å²) in [5, 5.41) is 5.64. The molecule has 142 valence electrons. The molecule has 0 radical (unpaired) electrons. The fourth-order valence-electron chi connectivity index (χ4n) is 4.51. The van der Waals surface area contributed by atoms with E-state index in [2.05, 4.69) is 15.3 Å². The average Bonchev–Trinajstić information content (AvgIpc) is 3.43. The lowest BCUT2D eigenvalue weighted by Gasteiger charge is -2.33. The van der Waals surface area contributed by atoms with Crippen molar-refractivity contribution in [2.75, 3.05) is 11.9 Å². The first-order valence-electron chi connectivity index (χ1n) is 9.13. The van der Waals surface area contributed by atoms with Crippen molar-refractivity contribution >= 4 is 28.8 Å². The van der Waals surface area contributed by atoms with Crippen LogP contribution in [0.4, 0.5) is 5.69 Å². The maximum absolute atomic E-state index is 13.3. The van der Waals surface area contributed by atoms with Gasteiger partial charge in [-0.2, -0.15) is 0 Å². The first kappa shape index (κ1) is 17.1. The molecule has 2 aliphatic rings. The number of likely N-dealkylation sites (tertiary alicyclic amines) is 1. The quantitative estimate of drug-likeness (QED) is 0.726. The zero-order chi connectivity index (χ0) is 19.5. The van der Waals surface area contributed by atoms with Crippen LogP contribution in [0.25, 0.3) is 0 Å². The lowest BCUT2D eigenvalue weighted by molar-refractivity contribution is -0.121. The van der Waals surface area contributed by atoms with Crippen LogP contribution in [0.5, 0.6) is 0 Å². The van der Waals surface area contributed by atoms with Crippen LogP contribution in [-0.4, -0.2) is 37.8 Å². The third-order valence-electron chi connectivity index (χ3n) is 5.79. The molecular formula is C20H19N5O2S. The number of amides is 2.